The molecule has 5 nitrogen and oxygen atoms in total. The topological polar surface area (TPSA) is 64.3 Å². The van der Waals surface area contributed by atoms with Crippen molar-refractivity contribution in [3.8, 4) is 5.88 Å². The third-order valence-corrected chi connectivity index (χ3v) is 6.04. The summed E-state index contributed by atoms with van der Waals surface area (Å²) in [5.41, 5.74) is 1.61. The maximum atomic E-state index is 12.7. The summed E-state index contributed by atoms with van der Waals surface area (Å²) < 4.78 is 7.32. The number of ketones is 1. The summed E-state index contributed by atoms with van der Waals surface area (Å²) in [6.07, 6.45) is 2.53. The van der Waals surface area contributed by atoms with Gasteiger partial charge in [0.2, 0.25) is 5.88 Å². The number of ether oxygens (including phenoxy) is 1. The molecular weight excluding hydrogens is 280 g/mol. The zero-order chi connectivity index (χ0) is 16.3. The van der Waals surface area contributed by atoms with Crippen molar-refractivity contribution in [1.82, 2.24) is 9.78 Å². The highest BCUT2D eigenvalue weighted by atomic mass is 16.5. The molecule has 1 aromatic rings. The van der Waals surface area contributed by atoms with Crippen molar-refractivity contribution < 1.29 is 14.6 Å². The number of Topliss-reactive ketones (excluding diaryl/α,β-unsaturated/α-hetero) is 1. The summed E-state index contributed by atoms with van der Waals surface area (Å²) in [5.74, 6) is 0.978. The minimum absolute atomic E-state index is 0.0795. The van der Waals surface area contributed by atoms with E-state index in [1.54, 1.807) is 11.8 Å². The fourth-order valence-electron chi connectivity index (χ4n) is 5.11. The van der Waals surface area contributed by atoms with Gasteiger partial charge in [-0.15, -0.1) is 0 Å². The fraction of sp³-hybridized carbons (Fsp3) is 0.765. The first-order valence-electron chi connectivity index (χ1n) is 8.03. The van der Waals surface area contributed by atoms with Crippen molar-refractivity contribution in [3.63, 3.8) is 0 Å². The highest BCUT2D eigenvalue weighted by Gasteiger charge is 2.58. The monoisotopic (exact) mass is 306 g/mol. The molecule has 0 saturated heterocycles. The van der Waals surface area contributed by atoms with Crippen LogP contribution in [0, 0.1) is 17.3 Å². The van der Waals surface area contributed by atoms with Gasteiger partial charge in [0, 0.05) is 29.4 Å². The average Bonchev–Trinajstić information content (AvgIpc) is 2.80. The molecule has 1 unspecified atom stereocenters. The molecule has 0 aromatic carbocycles. The number of aliphatic hydroxyl groups is 1. The molecule has 1 N–H and O–H groups in total. The molecule has 1 aromatic heterocycles. The zero-order valence-electron chi connectivity index (χ0n) is 14.1. The number of aliphatic hydroxyl groups excluding tert-OH is 1. The minimum Gasteiger partial charge on any atom is -0.481 e. The Morgan fingerprint density at radius 3 is 2.68 bits per heavy atom. The van der Waals surface area contributed by atoms with Crippen molar-refractivity contribution in [3.05, 3.63) is 11.3 Å². The summed E-state index contributed by atoms with van der Waals surface area (Å²) in [6.45, 7) is 6.19. The van der Waals surface area contributed by atoms with E-state index < -0.39 is 5.41 Å². The highest BCUT2D eigenvalue weighted by molar-refractivity contribution is 5.88. The smallest absolute Gasteiger partial charge is 0.214 e. The van der Waals surface area contributed by atoms with Crippen LogP contribution in [-0.2, 0) is 23.7 Å². The first-order chi connectivity index (χ1) is 10.3. The van der Waals surface area contributed by atoms with Gasteiger partial charge in [-0.3, -0.25) is 4.79 Å². The predicted octanol–water partition coefficient (Wildman–Crippen LogP) is 1.86. The number of methoxy groups -OCH3 is 1. The van der Waals surface area contributed by atoms with Gasteiger partial charge in [0.1, 0.15) is 5.78 Å². The first kappa shape index (κ1) is 15.5. The summed E-state index contributed by atoms with van der Waals surface area (Å²) in [6, 6.07) is 0. The van der Waals surface area contributed by atoms with Crippen molar-refractivity contribution in [2.45, 2.75) is 45.4 Å². The molecule has 1 saturated carbocycles. The Morgan fingerprint density at radius 2 is 2.09 bits per heavy atom. The van der Waals surface area contributed by atoms with Gasteiger partial charge in [-0.05, 0) is 25.2 Å². The lowest BCUT2D eigenvalue weighted by molar-refractivity contribution is -0.145. The molecule has 22 heavy (non-hydrogen) atoms. The Bertz CT molecular complexity index is 620. The van der Waals surface area contributed by atoms with Gasteiger partial charge in [-0.1, -0.05) is 20.8 Å². The normalized spacial score (nSPS) is 33.3. The van der Waals surface area contributed by atoms with E-state index in [0.717, 1.165) is 24.4 Å². The lowest BCUT2D eigenvalue weighted by Crippen LogP contribution is -2.56. The first-order valence-corrected chi connectivity index (χ1v) is 8.03. The number of nitrogens with zero attached hydrogens (tertiary/aromatic N) is 2. The van der Waals surface area contributed by atoms with Crippen molar-refractivity contribution in [2.24, 2.45) is 24.3 Å². The maximum absolute atomic E-state index is 12.7. The molecule has 1 heterocycles. The van der Waals surface area contributed by atoms with E-state index in [2.05, 4.69) is 6.92 Å². The van der Waals surface area contributed by atoms with Crippen LogP contribution < -0.4 is 4.74 Å². The third kappa shape index (κ3) is 1.81. The molecule has 2 aliphatic carbocycles. The lowest BCUT2D eigenvalue weighted by atomic mass is 9.49. The molecule has 3 atom stereocenters. The second-order valence-electron chi connectivity index (χ2n) is 7.64. The largest absolute Gasteiger partial charge is 0.481 e. The molecular formula is C17H26N2O3. The van der Waals surface area contributed by atoms with Crippen LogP contribution in [0.5, 0.6) is 5.88 Å². The van der Waals surface area contributed by atoms with E-state index in [4.69, 9.17) is 9.84 Å². The van der Waals surface area contributed by atoms with E-state index in [0.29, 0.717) is 6.42 Å². The van der Waals surface area contributed by atoms with Gasteiger partial charge < -0.3 is 9.84 Å². The van der Waals surface area contributed by atoms with Crippen LogP contribution >= 0.6 is 0 Å². The molecule has 5 heteroatoms. The Labute approximate surface area is 131 Å². The zero-order valence-corrected chi connectivity index (χ0v) is 14.1. The van der Waals surface area contributed by atoms with Gasteiger partial charge in [0.15, 0.2) is 0 Å². The molecule has 3 rings (SSSR count). The number of carbonyl (C=O) groups is 1. The Kier molecular flexibility index (Phi) is 3.40. The molecule has 1 fully saturated rings. The standard InChI is InChI=1S/C17H26N2O3/c1-16(2)12-7-6-11-13(18-19(4)15(11)22-5)17(12,3)8-10(9-20)14(16)21/h10,12,20H,6-9H2,1-5H3/t10?,12-,17-/m0/s1. The Hall–Kier alpha value is -1.36. The van der Waals surface area contributed by atoms with E-state index in [1.807, 2.05) is 20.9 Å². The highest BCUT2D eigenvalue weighted by Crippen LogP contribution is 2.57. The number of rotatable bonds is 2. The second-order valence-corrected chi connectivity index (χ2v) is 7.64. The Balaban J connectivity index is 2.16. The number of hydrogen-bond donors (Lipinski definition) is 1. The summed E-state index contributed by atoms with van der Waals surface area (Å²) in [4.78, 5) is 12.7. The molecule has 0 radical (unpaired) electrons. The van der Waals surface area contributed by atoms with Crippen LogP contribution in [0.25, 0.3) is 0 Å². The van der Waals surface area contributed by atoms with Crippen molar-refractivity contribution in [2.75, 3.05) is 13.7 Å². The molecule has 2 aliphatic rings. The number of carbonyl (C=O) groups excluding carboxylic acids is 1. The Morgan fingerprint density at radius 1 is 1.41 bits per heavy atom. The lowest BCUT2D eigenvalue weighted by Gasteiger charge is -2.53. The van der Waals surface area contributed by atoms with Gasteiger partial charge in [0.05, 0.1) is 19.4 Å². The van der Waals surface area contributed by atoms with Crippen LogP contribution in [0.3, 0.4) is 0 Å². The van der Waals surface area contributed by atoms with Crippen LogP contribution in [0.15, 0.2) is 0 Å². The molecule has 0 amide bonds. The second kappa shape index (κ2) is 4.82. The molecule has 0 spiro atoms. The molecule has 0 bridgehead atoms. The summed E-state index contributed by atoms with van der Waals surface area (Å²) in [7, 11) is 3.58. The van der Waals surface area contributed by atoms with Crippen molar-refractivity contribution >= 4 is 5.78 Å². The quantitative estimate of drug-likeness (QED) is 0.906. The fourth-order valence-corrected chi connectivity index (χ4v) is 5.11. The molecule has 122 valence electrons. The molecule has 0 aliphatic heterocycles. The third-order valence-electron chi connectivity index (χ3n) is 6.04. The van der Waals surface area contributed by atoms with Gasteiger partial charge in [-0.25, -0.2) is 4.68 Å². The van der Waals surface area contributed by atoms with Crippen LogP contribution in [0.1, 0.15) is 44.9 Å². The van der Waals surface area contributed by atoms with Crippen LogP contribution in [0.2, 0.25) is 0 Å². The summed E-state index contributed by atoms with van der Waals surface area (Å²) in [5, 5.41) is 14.4. The maximum Gasteiger partial charge on any atom is 0.214 e. The number of hydrogen-bond acceptors (Lipinski definition) is 4. The van der Waals surface area contributed by atoms with Gasteiger partial charge in [0.25, 0.3) is 0 Å². The average molecular weight is 306 g/mol. The summed E-state index contributed by atoms with van der Waals surface area (Å²) >= 11 is 0. The number of fused-ring (bicyclic) bond motifs is 3. The van der Waals surface area contributed by atoms with Gasteiger partial charge >= 0.3 is 0 Å². The van der Waals surface area contributed by atoms with E-state index in [9.17, 15) is 9.90 Å². The SMILES string of the molecule is COc1c2c(nn1C)[C@@]1(C)CC(CO)C(=O)C(C)(C)[C@@H]1CC2. The predicted molar refractivity (Wildman–Crippen MR) is 82.9 cm³/mol. The minimum atomic E-state index is -0.428. The van der Waals surface area contributed by atoms with E-state index in [1.165, 1.54) is 5.56 Å². The van der Waals surface area contributed by atoms with Crippen molar-refractivity contribution in [1.29, 1.82) is 0 Å². The van der Waals surface area contributed by atoms with Crippen LogP contribution in [-0.4, -0.2) is 34.4 Å². The number of aromatic nitrogens is 2. The van der Waals surface area contributed by atoms with Crippen LogP contribution in [0.4, 0.5) is 0 Å². The van der Waals surface area contributed by atoms with E-state index in [-0.39, 0.29) is 29.6 Å². The van der Waals surface area contributed by atoms with Gasteiger partial charge in [-0.2, -0.15) is 5.10 Å². The number of aryl methyl sites for hydroxylation is 1. The van der Waals surface area contributed by atoms with E-state index >= 15 is 0 Å².